The van der Waals surface area contributed by atoms with Crippen LogP contribution in [-0.2, 0) is 12.3 Å². The summed E-state index contributed by atoms with van der Waals surface area (Å²) in [4.78, 5) is 0. The molecule has 0 fully saturated rings. The van der Waals surface area contributed by atoms with Crippen LogP contribution in [0.15, 0.2) is 56.7 Å². The molecule has 0 N–H and O–H groups in total. The first-order valence-corrected chi connectivity index (χ1v) is 9.29. The Kier molecular flexibility index (Phi) is 4.77. The van der Waals surface area contributed by atoms with E-state index >= 15 is 0 Å². The zero-order valence-electron chi connectivity index (χ0n) is 13.8. The zero-order valence-corrected chi connectivity index (χ0v) is 15.4. The number of nitrogens with zero attached hydrogens (tertiary/aromatic N) is 5. The van der Waals surface area contributed by atoms with Crippen molar-refractivity contribution in [3.63, 3.8) is 0 Å². The number of halogens is 1. The average molecular weight is 388 g/mol. The molecule has 0 saturated carbocycles. The van der Waals surface area contributed by atoms with Crippen LogP contribution in [0.3, 0.4) is 0 Å². The minimum absolute atomic E-state index is 0.363. The summed E-state index contributed by atoms with van der Waals surface area (Å²) in [5, 5.41) is 18.1. The molecule has 9 heteroatoms. The van der Waals surface area contributed by atoms with Crippen LogP contribution < -0.4 is 0 Å². The molecule has 0 aliphatic rings. The van der Waals surface area contributed by atoms with Crippen LogP contribution in [0.4, 0.5) is 0 Å². The van der Waals surface area contributed by atoms with E-state index in [1.54, 1.807) is 18.4 Å². The molecule has 0 saturated heterocycles. The van der Waals surface area contributed by atoms with Crippen molar-refractivity contribution in [1.29, 1.82) is 0 Å². The Bertz CT molecular complexity index is 1010. The summed E-state index contributed by atoms with van der Waals surface area (Å²) < 4.78 is 12.9. The van der Waals surface area contributed by atoms with Gasteiger partial charge in [0.2, 0.25) is 5.89 Å². The van der Waals surface area contributed by atoms with Gasteiger partial charge in [0, 0.05) is 17.1 Å². The molecule has 0 amide bonds. The standard InChI is InChI=1S/C17H14ClN5O2S/c1-2-23-15(11-5-3-6-12(18)9-11)20-22-17(23)26-10-14-19-21-16(25-14)13-7-4-8-24-13/h3-9H,2,10H2,1H3. The third-order valence-corrected chi connectivity index (χ3v) is 4.83. The van der Waals surface area contributed by atoms with Gasteiger partial charge in [0.25, 0.3) is 5.89 Å². The number of aromatic nitrogens is 5. The Morgan fingerprint density at radius 1 is 1.12 bits per heavy atom. The lowest BCUT2D eigenvalue weighted by atomic mass is 10.2. The minimum Gasteiger partial charge on any atom is -0.459 e. The summed E-state index contributed by atoms with van der Waals surface area (Å²) in [6.45, 7) is 2.78. The molecule has 0 unspecified atom stereocenters. The zero-order chi connectivity index (χ0) is 17.9. The molecule has 4 aromatic rings. The predicted molar refractivity (Wildman–Crippen MR) is 97.7 cm³/mol. The van der Waals surface area contributed by atoms with E-state index in [2.05, 4.69) is 20.4 Å². The second-order valence-corrected chi connectivity index (χ2v) is 6.71. The molecule has 4 rings (SSSR count). The third kappa shape index (κ3) is 3.38. The van der Waals surface area contributed by atoms with Gasteiger partial charge in [0.1, 0.15) is 0 Å². The largest absolute Gasteiger partial charge is 0.459 e. The van der Waals surface area contributed by atoms with Crippen molar-refractivity contribution in [3.8, 4) is 23.0 Å². The molecule has 0 aliphatic heterocycles. The first-order valence-electron chi connectivity index (χ1n) is 7.93. The van der Waals surface area contributed by atoms with Crippen LogP contribution in [0, 0.1) is 0 Å². The first kappa shape index (κ1) is 16.9. The predicted octanol–water partition coefficient (Wildman–Crippen LogP) is 4.55. The summed E-state index contributed by atoms with van der Waals surface area (Å²) in [7, 11) is 0. The topological polar surface area (TPSA) is 82.8 Å². The lowest BCUT2D eigenvalue weighted by molar-refractivity contribution is 0.494. The maximum absolute atomic E-state index is 6.08. The molecular formula is C17H14ClN5O2S. The maximum Gasteiger partial charge on any atom is 0.283 e. The summed E-state index contributed by atoms with van der Waals surface area (Å²) in [6.07, 6.45) is 1.56. The van der Waals surface area contributed by atoms with Crippen molar-refractivity contribution < 1.29 is 8.83 Å². The van der Waals surface area contributed by atoms with Gasteiger partial charge in [-0.15, -0.1) is 20.4 Å². The number of furan rings is 1. The SMILES string of the molecule is CCn1c(SCc2nnc(-c3ccco3)o2)nnc1-c1cccc(Cl)c1. The van der Waals surface area contributed by atoms with Crippen molar-refractivity contribution in [2.24, 2.45) is 0 Å². The fourth-order valence-corrected chi connectivity index (χ4v) is 3.49. The van der Waals surface area contributed by atoms with Crippen LogP contribution in [0.2, 0.25) is 5.02 Å². The Morgan fingerprint density at radius 3 is 2.81 bits per heavy atom. The van der Waals surface area contributed by atoms with Crippen molar-refractivity contribution in [2.75, 3.05) is 0 Å². The fraction of sp³-hybridized carbons (Fsp3) is 0.176. The second-order valence-electron chi connectivity index (χ2n) is 5.33. The van der Waals surface area contributed by atoms with E-state index in [1.807, 2.05) is 35.8 Å². The number of hydrogen-bond acceptors (Lipinski definition) is 7. The van der Waals surface area contributed by atoms with Gasteiger partial charge in [-0.3, -0.25) is 0 Å². The van der Waals surface area contributed by atoms with Gasteiger partial charge < -0.3 is 13.4 Å². The molecule has 26 heavy (non-hydrogen) atoms. The number of rotatable bonds is 6. The van der Waals surface area contributed by atoms with Crippen molar-refractivity contribution in [3.05, 3.63) is 53.6 Å². The van der Waals surface area contributed by atoms with Crippen molar-refractivity contribution >= 4 is 23.4 Å². The Hall–Kier alpha value is -2.58. The fourth-order valence-electron chi connectivity index (χ4n) is 2.46. The number of thioether (sulfide) groups is 1. The quantitative estimate of drug-likeness (QED) is 0.448. The lowest BCUT2D eigenvalue weighted by Crippen LogP contribution is -2.00. The molecule has 1 aromatic carbocycles. The third-order valence-electron chi connectivity index (χ3n) is 3.64. The van der Waals surface area contributed by atoms with Crippen LogP contribution in [0.1, 0.15) is 12.8 Å². The highest BCUT2D eigenvalue weighted by atomic mass is 35.5. The summed E-state index contributed by atoms with van der Waals surface area (Å²) >= 11 is 7.57. The molecule has 3 heterocycles. The van der Waals surface area contributed by atoms with Gasteiger partial charge in [-0.1, -0.05) is 35.5 Å². The number of hydrogen-bond donors (Lipinski definition) is 0. The van der Waals surface area contributed by atoms with E-state index in [0.29, 0.717) is 28.3 Å². The molecule has 132 valence electrons. The van der Waals surface area contributed by atoms with Gasteiger partial charge in [0.05, 0.1) is 12.0 Å². The van der Waals surface area contributed by atoms with Crippen LogP contribution in [0.5, 0.6) is 0 Å². The van der Waals surface area contributed by atoms with Gasteiger partial charge in [-0.2, -0.15) is 0 Å². The molecule has 0 bridgehead atoms. The van der Waals surface area contributed by atoms with E-state index in [9.17, 15) is 0 Å². The van der Waals surface area contributed by atoms with Gasteiger partial charge in [0.15, 0.2) is 16.7 Å². The smallest absolute Gasteiger partial charge is 0.283 e. The summed E-state index contributed by atoms with van der Waals surface area (Å²) in [5.41, 5.74) is 0.927. The molecule has 0 spiro atoms. The van der Waals surface area contributed by atoms with Crippen molar-refractivity contribution in [1.82, 2.24) is 25.0 Å². The highest BCUT2D eigenvalue weighted by Gasteiger charge is 2.16. The Morgan fingerprint density at radius 2 is 2.04 bits per heavy atom. The number of benzene rings is 1. The van der Waals surface area contributed by atoms with Gasteiger partial charge in [-0.05, 0) is 31.2 Å². The highest BCUT2D eigenvalue weighted by molar-refractivity contribution is 7.98. The average Bonchev–Trinajstić information content (AvgIpc) is 3.38. The molecule has 3 aromatic heterocycles. The van der Waals surface area contributed by atoms with E-state index in [4.69, 9.17) is 20.4 Å². The van der Waals surface area contributed by atoms with E-state index in [-0.39, 0.29) is 0 Å². The monoisotopic (exact) mass is 387 g/mol. The van der Waals surface area contributed by atoms with E-state index < -0.39 is 0 Å². The highest BCUT2D eigenvalue weighted by Crippen LogP contribution is 2.28. The van der Waals surface area contributed by atoms with Crippen LogP contribution in [0.25, 0.3) is 23.0 Å². The molecule has 0 radical (unpaired) electrons. The van der Waals surface area contributed by atoms with Gasteiger partial charge >= 0.3 is 0 Å². The lowest BCUT2D eigenvalue weighted by Gasteiger charge is -2.06. The van der Waals surface area contributed by atoms with Crippen LogP contribution >= 0.6 is 23.4 Å². The van der Waals surface area contributed by atoms with E-state index in [1.165, 1.54) is 11.8 Å². The van der Waals surface area contributed by atoms with Crippen LogP contribution in [-0.4, -0.2) is 25.0 Å². The molecular weight excluding hydrogens is 374 g/mol. The van der Waals surface area contributed by atoms with Gasteiger partial charge in [-0.25, -0.2) is 0 Å². The Labute approximate surface area is 158 Å². The Balaban J connectivity index is 1.52. The first-order chi connectivity index (χ1) is 12.7. The normalized spacial score (nSPS) is 11.2. The van der Waals surface area contributed by atoms with E-state index in [0.717, 1.165) is 23.1 Å². The second kappa shape index (κ2) is 7.35. The minimum atomic E-state index is 0.363. The molecule has 0 atom stereocenters. The van der Waals surface area contributed by atoms with Crippen molar-refractivity contribution in [2.45, 2.75) is 24.4 Å². The molecule has 7 nitrogen and oxygen atoms in total. The maximum atomic E-state index is 6.08. The summed E-state index contributed by atoms with van der Waals surface area (Å²) in [6, 6.07) is 11.1. The molecule has 0 aliphatic carbocycles. The summed E-state index contributed by atoms with van der Waals surface area (Å²) in [5.74, 6) is 2.67.